The van der Waals surface area contributed by atoms with Crippen LogP contribution in [0.3, 0.4) is 0 Å². The Labute approximate surface area is 210 Å². The van der Waals surface area contributed by atoms with E-state index in [1.807, 2.05) is 0 Å². The summed E-state index contributed by atoms with van der Waals surface area (Å²) in [7, 11) is 0. The second kappa shape index (κ2) is 9.03. The second-order valence-corrected chi connectivity index (χ2v) is 9.80. The molecular weight excluding hydrogens is 487 g/mol. The van der Waals surface area contributed by atoms with E-state index in [4.69, 9.17) is 4.52 Å². The lowest BCUT2D eigenvalue weighted by molar-refractivity contribution is -0.615. The molecule has 1 amide bonds. The summed E-state index contributed by atoms with van der Waals surface area (Å²) in [5.74, 6) is -1.66. The molecule has 13 heteroatoms. The van der Waals surface area contributed by atoms with Crippen molar-refractivity contribution in [3.05, 3.63) is 74.2 Å². The lowest BCUT2D eigenvalue weighted by Gasteiger charge is -2.43. The molecule has 1 fully saturated rings. The topological polar surface area (TPSA) is 167 Å². The average molecular weight is 516 g/mol. The number of aromatic hydroxyl groups is 1. The van der Waals surface area contributed by atoms with Crippen LogP contribution in [-0.4, -0.2) is 25.8 Å². The summed E-state index contributed by atoms with van der Waals surface area (Å²) in [4.78, 5) is 28.6. The molecule has 3 aliphatic rings. The first-order valence-corrected chi connectivity index (χ1v) is 12.0. The van der Waals surface area contributed by atoms with E-state index in [9.17, 15) is 29.5 Å². The zero-order chi connectivity index (χ0) is 26.5. The highest BCUT2D eigenvalue weighted by atomic mass is 19.1. The predicted molar refractivity (Wildman–Crippen MR) is 126 cm³/mol. The first kappa shape index (κ1) is 25.0. The standard InChI is InChI=1S/C24H27FN6O6/c1-13-19(14(2)37-28-13)31(35,36)29-24-9-7-16(8-10-24)12-30-22(34)20(32)18(27-23(24)30)21(33)26-11-15-3-5-17(25)6-4-15/h3-6,16,29,32,35H,7-12H2,1-2H3,(H,26,33)/p+1. The first-order valence-electron chi connectivity index (χ1n) is 12.0. The third kappa shape index (κ3) is 4.39. The van der Waals surface area contributed by atoms with Crippen LogP contribution in [-0.2, 0) is 18.6 Å². The maximum absolute atomic E-state index is 13.5. The molecule has 2 aliphatic heterocycles. The minimum absolute atomic E-state index is 0.0108. The molecule has 1 unspecified atom stereocenters. The molecule has 0 radical (unpaired) electrons. The number of nitrogens with zero attached hydrogens (tertiary/aromatic N) is 3. The van der Waals surface area contributed by atoms with Crippen LogP contribution in [0.4, 0.5) is 10.1 Å². The molecule has 5 N–H and O–H groups in total. The minimum Gasteiger partial charge on any atom is -0.572 e. The summed E-state index contributed by atoms with van der Waals surface area (Å²) in [6.45, 7) is 3.38. The normalized spacial score (nSPS) is 22.2. The predicted octanol–water partition coefficient (Wildman–Crippen LogP) is 1.84. The van der Waals surface area contributed by atoms with Gasteiger partial charge in [-0.15, -0.1) is 5.43 Å². The smallest absolute Gasteiger partial charge is 0.302 e. The van der Waals surface area contributed by atoms with Gasteiger partial charge in [0.05, 0.1) is 0 Å². The summed E-state index contributed by atoms with van der Waals surface area (Å²) < 4.78 is 19.6. The molecule has 1 saturated carbocycles. The first-order chi connectivity index (χ1) is 17.5. The Bertz CT molecular complexity index is 1390. The lowest BCUT2D eigenvalue weighted by Crippen LogP contribution is -2.63. The molecule has 1 aromatic carbocycles. The number of hydrogen-bond acceptors (Lipinski definition) is 8. The lowest BCUT2D eigenvalue weighted by atomic mass is 9.78. The minimum atomic E-state index is -1.99. The van der Waals surface area contributed by atoms with Crippen molar-refractivity contribution in [2.75, 3.05) is 0 Å². The van der Waals surface area contributed by atoms with Gasteiger partial charge in [0.2, 0.25) is 11.5 Å². The summed E-state index contributed by atoms with van der Waals surface area (Å²) in [5.41, 5.74) is 1.04. The quantitative estimate of drug-likeness (QED) is 0.285. The highest BCUT2D eigenvalue weighted by molar-refractivity contribution is 5.94. The van der Waals surface area contributed by atoms with Gasteiger partial charge in [0.25, 0.3) is 17.2 Å². The number of benzene rings is 1. The van der Waals surface area contributed by atoms with E-state index in [-0.39, 0.29) is 36.3 Å². The van der Waals surface area contributed by atoms with Crippen molar-refractivity contribution in [2.24, 2.45) is 5.92 Å². The molecule has 37 heavy (non-hydrogen) atoms. The van der Waals surface area contributed by atoms with Crippen molar-refractivity contribution in [3.63, 3.8) is 0 Å². The van der Waals surface area contributed by atoms with Crippen LogP contribution in [0.1, 0.15) is 59.0 Å². The number of aromatic amines is 1. The molecule has 0 saturated heterocycles. The van der Waals surface area contributed by atoms with Crippen LogP contribution < -0.4 is 26.4 Å². The van der Waals surface area contributed by atoms with E-state index in [0.29, 0.717) is 36.9 Å². The van der Waals surface area contributed by atoms with E-state index in [2.05, 4.69) is 20.9 Å². The monoisotopic (exact) mass is 515 g/mol. The number of nitrogens with one attached hydrogen (secondary N) is 3. The highest BCUT2D eigenvalue weighted by Gasteiger charge is 2.50. The van der Waals surface area contributed by atoms with Crippen molar-refractivity contribution in [2.45, 2.75) is 58.2 Å². The Morgan fingerprint density at radius 2 is 2.00 bits per heavy atom. The van der Waals surface area contributed by atoms with E-state index in [0.717, 1.165) is 0 Å². The van der Waals surface area contributed by atoms with E-state index < -0.39 is 39.2 Å². The molecule has 2 aromatic heterocycles. The number of rotatable bonds is 6. The number of carbonyl (C=O) groups is 1. The van der Waals surface area contributed by atoms with Gasteiger partial charge < -0.3 is 15.6 Å². The number of carbonyl (C=O) groups excluding carboxylic acids is 1. The number of hydrogen-bond donors (Lipinski definition) is 4. The molecular formula is C24H28FN6O6+. The van der Waals surface area contributed by atoms with Crippen LogP contribution in [0.5, 0.6) is 5.75 Å². The number of amides is 1. The van der Waals surface area contributed by atoms with E-state index in [1.165, 1.54) is 35.8 Å². The Kier molecular flexibility index (Phi) is 6.10. The van der Waals surface area contributed by atoms with Gasteiger partial charge in [0, 0.05) is 26.9 Å². The van der Waals surface area contributed by atoms with Crippen molar-refractivity contribution in [1.29, 1.82) is 0 Å². The average Bonchev–Trinajstić information content (AvgIpc) is 3.04. The van der Waals surface area contributed by atoms with E-state index in [1.54, 1.807) is 6.92 Å². The second-order valence-electron chi connectivity index (χ2n) is 9.80. The number of H-pyrrole nitrogens is 1. The van der Waals surface area contributed by atoms with Gasteiger partial charge in [-0.25, -0.2) is 13.9 Å². The SMILES string of the molecule is Cc1[nH+]oc(C)c1[N+]([O-])(O)NC12CCC(CC1)Cn1c2nc(C(=O)NCc2ccc(F)cc2)c(O)c1=O. The number of fused-ring (bicyclic) bond motifs is 2. The maximum Gasteiger partial charge on any atom is 0.302 e. The van der Waals surface area contributed by atoms with Crippen molar-refractivity contribution >= 4 is 11.6 Å². The molecule has 196 valence electrons. The molecule has 12 nitrogen and oxygen atoms in total. The third-order valence-corrected chi connectivity index (χ3v) is 7.27. The fraction of sp³-hybridized carbons (Fsp3) is 0.417. The van der Waals surface area contributed by atoms with Crippen molar-refractivity contribution in [1.82, 2.24) is 25.2 Å². The summed E-state index contributed by atoms with van der Waals surface area (Å²) in [6.07, 6.45) is 2.01. The molecule has 0 spiro atoms. The van der Waals surface area contributed by atoms with Crippen molar-refractivity contribution in [3.8, 4) is 5.75 Å². The van der Waals surface area contributed by atoms with Crippen LogP contribution in [0, 0.1) is 30.8 Å². The largest absolute Gasteiger partial charge is 0.572 e. The van der Waals surface area contributed by atoms with Gasteiger partial charge >= 0.3 is 5.69 Å². The van der Waals surface area contributed by atoms with Gasteiger partial charge in [-0.3, -0.25) is 14.2 Å². The summed E-state index contributed by atoms with van der Waals surface area (Å²) >= 11 is 0. The molecule has 1 aliphatic carbocycles. The Morgan fingerprint density at radius 1 is 1.32 bits per heavy atom. The molecule has 2 bridgehead atoms. The Balaban J connectivity index is 1.54. The van der Waals surface area contributed by atoms with Gasteiger partial charge in [-0.1, -0.05) is 17.1 Å². The molecule has 1 atom stereocenters. The fourth-order valence-electron chi connectivity index (χ4n) is 5.40. The Morgan fingerprint density at radius 3 is 2.62 bits per heavy atom. The number of halogens is 1. The zero-order valence-electron chi connectivity index (χ0n) is 20.4. The van der Waals surface area contributed by atoms with Gasteiger partial charge in [0.1, 0.15) is 17.2 Å². The fourth-order valence-corrected chi connectivity index (χ4v) is 5.40. The summed E-state index contributed by atoms with van der Waals surface area (Å²) in [5, 5.41) is 40.2. The summed E-state index contributed by atoms with van der Waals surface area (Å²) in [6, 6.07) is 5.50. The van der Waals surface area contributed by atoms with Crippen LogP contribution >= 0.6 is 0 Å². The van der Waals surface area contributed by atoms with Gasteiger partial charge in [-0.05, 0) is 54.5 Å². The number of quaternary nitrogens is 1. The van der Waals surface area contributed by atoms with Crippen molar-refractivity contribution < 1.29 is 29.2 Å². The molecule has 6 rings (SSSR count). The van der Waals surface area contributed by atoms with Gasteiger partial charge in [-0.2, -0.15) is 5.21 Å². The zero-order valence-corrected chi connectivity index (χ0v) is 20.4. The van der Waals surface area contributed by atoms with E-state index >= 15 is 0 Å². The molecule has 4 heterocycles. The third-order valence-electron chi connectivity index (χ3n) is 7.27. The number of aromatic nitrogens is 3. The molecule has 3 aromatic rings. The van der Waals surface area contributed by atoms with Crippen LogP contribution in [0.25, 0.3) is 0 Å². The maximum atomic E-state index is 13.5. The Hall–Kier alpha value is -3.65. The van der Waals surface area contributed by atoms with Crippen LogP contribution in [0.2, 0.25) is 0 Å². The van der Waals surface area contributed by atoms with Crippen LogP contribution in [0.15, 0.2) is 33.6 Å². The van der Waals surface area contributed by atoms with Gasteiger partial charge in [0.15, 0.2) is 5.69 Å². The number of aryl methyl sites for hydroxylation is 2. The highest BCUT2D eigenvalue weighted by Crippen LogP contribution is 2.44.